The third kappa shape index (κ3) is 3.06. The van der Waals surface area contributed by atoms with E-state index < -0.39 is 18.0 Å². The Hall–Kier alpha value is -1.92. The van der Waals surface area contributed by atoms with Crippen LogP contribution in [-0.4, -0.2) is 44.8 Å². The van der Waals surface area contributed by atoms with Crippen LogP contribution >= 0.6 is 0 Å². The molecule has 114 valence electrons. The Morgan fingerprint density at radius 1 is 1.14 bits per heavy atom. The fraction of sp³-hybridized carbons (Fsp3) is 0.467. The fourth-order valence-electron chi connectivity index (χ4n) is 2.26. The maximum Gasteiger partial charge on any atom is 0.299 e. The molecule has 6 nitrogen and oxygen atoms in total. The molecule has 0 aliphatic carbocycles. The number of carbonyl (C=O) groups is 2. The molecule has 0 bridgehead atoms. The number of anilines is 1. The van der Waals surface area contributed by atoms with E-state index in [0.717, 1.165) is 0 Å². The van der Waals surface area contributed by atoms with Crippen molar-refractivity contribution in [1.29, 1.82) is 0 Å². The number of Topliss-reactive ketones (excluding diaryl/α,β-unsaturated/α-hetero) is 1. The largest absolute Gasteiger partial charge is 0.497 e. The first kappa shape index (κ1) is 15.5. The second kappa shape index (κ2) is 6.69. The Labute approximate surface area is 123 Å². The fourth-order valence-corrected chi connectivity index (χ4v) is 2.26. The highest BCUT2D eigenvalue weighted by atomic mass is 16.7. The van der Waals surface area contributed by atoms with Gasteiger partial charge in [-0.1, -0.05) is 0 Å². The van der Waals surface area contributed by atoms with Gasteiger partial charge in [0.25, 0.3) is 11.7 Å². The molecule has 0 saturated carbocycles. The zero-order chi connectivity index (χ0) is 15.4. The van der Waals surface area contributed by atoms with E-state index in [4.69, 9.17) is 14.2 Å². The summed E-state index contributed by atoms with van der Waals surface area (Å²) in [6.45, 7) is 4.80. The summed E-state index contributed by atoms with van der Waals surface area (Å²) in [4.78, 5) is 25.5. The normalized spacial score (nSPS) is 14.0. The molecule has 21 heavy (non-hydrogen) atoms. The van der Waals surface area contributed by atoms with Gasteiger partial charge in [-0.3, -0.25) is 14.5 Å². The van der Waals surface area contributed by atoms with Crippen LogP contribution in [-0.2, 0) is 14.3 Å². The third-order valence-corrected chi connectivity index (χ3v) is 3.22. The Bertz CT molecular complexity index is 537. The monoisotopic (exact) mass is 293 g/mol. The van der Waals surface area contributed by atoms with E-state index in [1.54, 1.807) is 18.2 Å². The van der Waals surface area contributed by atoms with Crippen molar-refractivity contribution in [2.24, 2.45) is 0 Å². The van der Waals surface area contributed by atoms with Gasteiger partial charge in [0.2, 0.25) is 0 Å². The summed E-state index contributed by atoms with van der Waals surface area (Å²) in [5, 5.41) is 0. The number of amides is 1. The molecular formula is C15H19NO5. The van der Waals surface area contributed by atoms with Gasteiger partial charge in [-0.2, -0.15) is 0 Å². The van der Waals surface area contributed by atoms with Crippen molar-refractivity contribution in [2.75, 3.05) is 31.8 Å². The molecule has 1 aromatic rings. The first-order valence-corrected chi connectivity index (χ1v) is 6.89. The molecule has 1 aliphatic heterocycles. The van der Waals surface area contributed by atoms with E-state index in [0.29, 0.717) is 30.2 Å². The van der Waals surface area contributed by atoms with E-state index >= 15 is 0 Å². The van der Waals surface area contributed by atoms with Crippen LogP contribution < -0.4 is 9.64 Å². The maximum atomic E-state index is 12.1. The van der Waals surface area contributed by atoms with Crippen molar-refractivity contribution in [3.8, 4) is 5.75 Å². The lowest BCUT2D eigenvalue weighted by Crippen LogP contribution is -2.39. The minimum absolute atomic E-state index is 0.173. The van der Waals surface area contributed by atoms with E-state index in [1.807, 2.05) is 13.8 Å². The number of ketones is 1. The summed E-state index contributed by atoms with van der Waals surface area (Å²) in [6, 6.07) is 4.94. The van der Waals surface area contributed by atoms with Gasteiger partial charge in [-0.15, -0.1) is 0 Å². The molecule has 1 heterocycles. The lowest BCUT2D eigenvalue weighted by Gasteiger charge is -2.23. The zero-order valence-electron chi connectivity index (χ0n) is 12.4. The summed E-state index contributed by atoms with van der Waals surface area (Å²) in [6.07, 6.45) is -0.561. The van der Waals surface area contributed by atoms with Crippen LogP contribution in [0.25, 0.3) is 0 Å². The van der Waals surface area contributed by atoms with Gasteiger partial charge >= 0.3 is 0 Å². The number of ether oxygens (including phenoxy) is 3. The molecule has 0 unspecified atom stereocenters. The van der Waals surface area contributed by atoms with Crippen LogP contribution in [0.15, 0.2) is 18.2 Å². The quantitative estimate of drug-likeness (QED) is 0.564. The molecule has 1 aromatic carbocycles. The van der Waals surface area contributed by atoms with Crippen molar-refractivity contribution < 1.29 is 23.8 Å². The van der Waals surface area contributed by atoms with Gasteiger partial charge in [0.1, 0.15) is 5.75 Å². The van der Waals surface area contributed by atoms with Crippen LogP contribution in [0.1, 0.15) is 24.2 Å². The Kier molecular flexibility index (Phi) is 4.93. The first-order valence-electron chi connectivity index (χ1n) is 6.89. The highest BCUT2D eigenvalue weighted by Crippen LogP contribution is 2.32. The maximum absolute atomic E-state index is 12.1. The molecule has 0 radical (unpaired) electrons. The lowest BCUT2D eigenvalue weighted by atomic mass is 10.1. The molecule has 0 fully saturated rings. The minimum Gasteiger partial charge on any atom is -0.497 e. The lowest BCUT2D eigenvalue weighted by molar-refractivity contribution is -0.134. The van der Waals surface area contributed by atoms with Gasteiger partial charge in [-0.25, -0.2) is 0 Å². The van der Waals surface area contributed by atoms with Gasteiger partial charge in [0.15, 0.2) is 6.29 Å². The summed E-state index contributed by atoms with van der Waals surface area (Å²) >= 11 is 0. The van der Waals surface area contributed by atoms with Crippen LogP contribution in [0.4, 0.5) is 5.69 Å². The smallest absolute Gasteiger partial charge is 0.299 e. The number of nitrogens with zero attached hydrogens (tertiary/aromatic N) is 1. The molecule has 0 spiro atoms. The minimum atomic E-state index is -0.567. The zero-order valence-corrected chi connectivity index (χ0v) is 12.4. The summed E-state index contributed by atoms with van der Waals surface area (Å²) in [5.74, 6) is -0.493. The third-order valence-electron chi connectivity index (χ3n) is 3.22. The number of hydrogen-bond acceptors (Lipinski definition) is 5. The number of methoxy groups -OCH3 is 1. The van der Waals surface area contributed by atoms with Crippen LogP contribution in [0.3, 0.4) is 0 Å². The molecule has 1 aliphatic rings. The van der Waals surface area contributed by atoms with Gasteiger partial charge in [0.05, 0.1) is 24.9 Å². The molecule has 0 N–H and O–H groups in total. The topological polar surface area (TPSA) is 65.1 Å². The van der Waals surface area contributed by atoms with E-state index in [9.17, 15) is 9.59 Å². The molecule has 0 saturated heterocycles. The average Bonchev–Trinajstić information content (AvgIpc) is 2.72. The van der Waals surface area contributed by atoms with Crippen molar-refractivity contribution in [1.82, 2.24) is 0 Å². The molecular weight excluding hydrogens is 274 g/mol. The molecule has 1 amide bonds. The number of fused-ring (bicyclic) bond motifs is 1. The second-order valence-corrected chi connectivity index (χ2v) is 4.47. The molecule has 6 heteroatoms. The van der Waals surface area contributed by atoms with Crippen LogP contribution in [0.5, 0.6) is 5.75 Å². The predicted molar refractivity (Wildman–Crippen MR) is 76.7 cm³/mol. The second-order valence-electron chi connectivity index (χ2n) is 4.47. The van der Waals surface area contributed by atoms with Gasteiger partial charge in [-0.05, 0) is 26.0 Å². The predicted octanol–water partition coefficient (Wildman–Crippen LogP) is 1.62. The molecule has 0 atom stereocenters. The highest BCUT2D eigenvalue weighted by molar-refractivity contribution is 6.52. The number of carbonyl (C=O) groups excluding carboxylic acids is 2. The average molecular weight is 293 g/mol. The van der Waals surface area contributed by atoms with Crippen LogP contribution in [0, 0.1) is 0 Å². The Balaban J connectivity index is 2.28. The van der Waals surface area contributed by atoms with Crippen molar-refractivity contribution in [3.05, 3.63) is 23.8 Å². The van der Waals surface area contributed by atoms with Gasteiger partial charge < -0.3 is 14.2 Å². The van der Waals surface area contributed by atoms with Gasteiger partial charge in [0, 0.05) is 19.3 Å². The van der Waals surface area contributed by atoms with E-state index in [1.165, 1.54) is 12.0 Å². The summed E-state index contributed by atoms with van der Waals surface area (Å²) in [5.41, 5.74) is 0.918. The van der Waals surface area contributed by atoms with E-state index in [-0.39, 0.29) is 6.54 Å². The SMILES string of the molecule is CCOC(CN1C(=O)C(=O)c2ccc(OC)cc21)OCC. The van der Waals surface area contributed by atoms with E-state index in [2.05, 4.69) is 0 Å². The number of benzene rings is 1. The Morgan fingerprint density at radius 3 is 2.38 bits per heavy atom. The summed E-state index contributed by atoms with van der Waals surface area (Å²) in [7, 11) is 1.54. The molecule has 2 rings (SSSR count). The standard InChI is InChI=1S/C15H19NO5/c1-4-20-13(21-5-2)9-16-12-8-10(19-3)6-7-11(12)14(17)15(16)18/h6-8,13H,4-5,9H2,1-3H3. The van der Waals surface area contributed by atoms with Crippen molar-refractivity contribution in [3.63, 3.8) is 0 Å². The summed E-state index contributed by atoms with van der Waals surface area (Å²) < 4.78 is 16.0. The number of hydrogen-bond donors (Lipinski definition) is 0. The molecule has 0 aromatic heterocycles. The van der Waals surface area contributed by atoms with Crippen LogP contribution in [0.2, 0.25) is 0 Å². The van der Waals surface area contributed by atoms with Crippen molar-refractivity contribution in [2.45, 2.75) is 20.1 Å². The highest BCUT2D eigenvalue weighted by Gasteiger charge is 2.37. The first-order chi connectivity index (χ1) is 10.1. The number of rotatable bonds is 7. The van der Waals surface area contributed by atoms with Crippen molar-refractivity contribution >= 4 is 17.4 Å². The Morgan fingerprint density at radius 2 is 1.81 bits per heavy atom.